The van der Waals surface area contributed by atoms with Crippen molar-refractivity contribution in [3.05, 3.63) is 29.8 Å². The van der Waals surface area contributed by atoms with E-state index >= 15 is 0 Å². The molecule has 1 saturated heterocycles. The third-order valence-corrected chi connectivity index (χ3v) is 3.81. The van der Waals surface area contributed by atoms with Gasteiger partial charge in [-0.2, -0.15) is 0 Å². The summed E-state index contributed by atoms with van der Waals surface area (Å²) in [5.41, 5.74) is 0.584. The van der Waals surface area contributed by atoms with E-state index in [2.05, 4.69) is 4.90 Å². The summed E-state index contributed by atoms with van der Waals surface area (Å²) in [4.78, 5) is 24.5. The summed E-state index contributed by atoms with van der Waals surface area (Å²) in [6.45, 7) is 3.58. The zero-order chi connectivity index (χ0) is 15.2. The third-order valence-electron chi connectivity index (χ3n) is 3.81. The van der Waals surface area contributed by atoms with Crippen LogP contribution in [0.15, 0.2) is 24.3 Å². The molecule has 0 aromatic heterocycles. The van der Waals surface area contributed by atoms with Gasteiger partial charge in [0.1, 0.15) is 12.4 Å². The SMILES string of the molecule is CC(=O)c1ccccc1OCCN1CCCC1CC(=O)O. The van der Waals surface area contributed by atoms with Crippen molar-refractivity contribution in [1.29, 1.82) is 0 Å². The number of benzene rings is 1. The van der Waals surface area contributed by atoms with Gasteiger partial charge in [-0.1, -0.05) is 12.1 Å². The second-order valence-electron chi connectivity index (χ2n) is 5.33. The highest BCUT2D eigenvalue weighted by atomic mass is 16.5. The number of ether oxygens (including phenoxy) is 1. The van der Waals surface area contributed by atoms with E-state index in [9.17, 15) is 9.59 Å². The standard InChI is InChI=1S/C16H21NO4/c1-12(18)14-6-2-3-7-15(14)21-10-9-17-8-4-5-13(17)11-16(19)20/h2-3,6-7,13H,4-5,8-11H2,1H3,(H,19,20). The number of rotatable bonds is 7. The number of nitrogens with zero attached hydrogens (tertiary/aromatic N) is 1. The zero-order valence-electron chi connectivity index (χ0n) is 12.2. The van der Waals surface area contributed by atoms with Crippen LogP contribution in [0.1, 0.15) is 36.5 Å². The summed E-state index contributed by atoms with van der Waals surface area (Å²) >= 11 is 0. The Kier molecular flexibility index (Phi) is 5.33. The molecule has 0 saturated carbocycles. The average Bonchev–Trinajstić information content (AvgIpc) is 2.86. The second-order valence-corrected chi connectivity index (χ2v) is 5.33. The molecule has 2 rings (SSSR count). The topological polar surface area (TPSA) is 66.8 Å². The predicted octanol–water partition coefficient (Wildman–Crippen LogP) is 2.21. The van der Waals surface area contributed by atoms with Gasteiger partial charge in [0.25, 0.3) is 0 Å². The Balaban J connectivity index is 1.87. The maximum absolute atomic E-state index is 11.5. The van der Waals surface area contributed by atoms with E-state index in [-0.39, 0.29) is 18.2 Å². The fourth-order valence-electron chi connectivity index (χ4n) is 2.78. The van der Waals surface area contributed by atoms with Gasteiger partial charge in [-0.15, -0.1) is 0 Å². The van der Waals surface area contributed by atoms with Gasteiger partial charge in [-0.05, 0) is 38.4 Å². The molecule has 1 atom stereocenters. The van der Waals surface area contributed by atoms with Crippen LogP contribution in [-0.4, -0.2) is 47.5 Å². The Morgan fingerprint density at radius 3 is 2.86 bits per heavy atom. The molecule has 1 aromatic carbocycles. The van der Waals surface area contributed by atoms with Crippen LogP contribution in [-0.2, 0) is 4.79 Å². The van der Waals surface area contributed by atoms with Crippen molar-refractivity contribution in [3.63, 3.8) is 0 Å². The van der Waals surface area contributed by atoms with Crippen molar-refractivity contribution < 1.29 is 19.4 Å². The van der Waals surface area contributed by atoms with Crippen LogP contribution in [0.25, 0.3) is 0 Å². The third kappa shape index (κ3) is 4.29. The molecule has 0 radical (unpaired) electrons. The molecule has 1 aromatic rings. The first-order valence-electron chi connectivity index (χ1n) is 7.26. The first kappa shape index (κ1) is 15.5. The van der Waals surface area contributed by atoms with E-state index in [0.29, 0.717) is 24.5 Å². The molecule has 1 heterocycles. The number of likely N-dealkylation sites (tertiary alicyclic amines) is 1. The van der Waals surface area contributed by atoms with Crippen LogP contribution in [0.2, 0.25) is 0 Å². The second kappa shape index (κ2) is 7.22. The highest BCUT2D eigenvalue weighted by Crippen LogP contribution is 2.21. The number of Topliss-reactive ketones (excluding diaryl/α,β-unsaturated/α-hetero) is 1. The molecule has 1 N–H and O–H groups in total. The molecule has 0 spiro atoms. The van der Waals surface area contributed by atoms with E-state index in [1.807, 2.05) is 12.1 Å². The normalized spacial score (nSPS) is 18.6. The smallest absolute Gasteiger partial charge is 0.304 e. The van der Waals surface area contributed by atoms with E-state index in [1.165, 1.54) is 6.92 Å². The number of ketones is 1. The van der Waals surface area contributed by atoms with Gasteiger partial charge in [0.05, 0.1) is 12.0 Å². The first-order valence-corrected chi connectivity index (χ1v) is 7.26. The maximum atomic E-state index is 11.5. The fraction of sp³-hybridized carbons (Fsp3) is 0.500. The number of para-hydroxylation sites is 1. The van der Waals surface area contributed by atoms with Crippen LogP contribution >= 0.6 is 0 Å². The van der Waals surface area contributed by atoms with Crippen LogP contribution in [0, 0.1) is 0 Å². The number of carbonyl (C=O) groups is 2. The maximum Gasteiger partial charge on any atom is 0.304 e. The van der Waals surface area contributed by atoms with Crippen molar-refractivity contribution in [2.24, 2.45) is 0 Å². The van der Waals surface area contributed by atoms with Crippen molar-refractivity contribution in [2.45, 2.75) is 32.2 Å². The molecule has 1 aliphatic rings. The van der Waals surface area contributed by atoms with E-state index in [4.69, 9.17) is 9.84 Å². The molecule has 0 aliphatic carbocycles. The van der Waals surface area contributed by atoms with Gasteiger partial charge in [0, 0.05) is 12.6 Å². The Labute approximate surface area is 124 Å². The van der Waals surface area contributed by atoms with E-state index < -0.39 is 5.97 Å². The van der Waals surface area contributed by atoms with Crippen LogP contribution in [0.5, 0.6) is 5.75 Å². The van der Waals surface area contributed by atoms with Gasteiger partial charge in [-0.25, -0.2) is 0 Å². The fourth-order valence-corrected chi connectivity index (χ4v) is 2.78. The molecule has 1 fully saturated rings. The number of aliphatic carboxylic acids is 1. The van der Waals surface area contributed by atoms with Gasteiger partial charge >= 0.3 is 5.97 Å². The number of hydrogen-bond donors (Lipinski definition) is 1. The molecule has 1 unspecified atom stereocenters. The number of carboxylic acid groups (broad SMARTS) is 1. The molecule has 21 heavy (non-hydrogen) atoms. The Morgan fingerprint density at radius 1 is 1.38 bits per heavy atom. The largest absolute Gasteiger partial charge is 0.491 e. The van der Waals surface area contributed by atoms with Crippen LogP contribution < -0.4 is 4.74 Å². The van der Waals surface area contributed by atoms with Crippen molar-refractivity contribution in [1.82, 2.24) is 4.90 Å². The van der Waals surface area contributed by atoms with E-state index in [1.54, 1.807) is 12.1 Å². The summed E-state index contributed by atoms with van der Waals surface area (Å²) in [5.74, 6) is -0.177. The van der Waals surface area contributed by atoms with Gasteiger partial charge in [0.15, 0.2) is 5.78 Å². The lowest BCUT2D eigenvalue weighted by atomic mass is 10.1. The van der Waals surface area contributed by atoms with Crippen LogP contribution in [0.3, 0.4) is 0 Å². The predicted molar refractivity (Wildman–Crippen MR) is 78.8 cm³/mol. The van der Waals surface area contributed by atoms with Crippen molar-refractivity contribution in [3.8, 4) is 5.75 Å². The zero-order valence-corrected chi connectivity index (χ0v) is 12.2. The Hall–Kier alpha value is -1.88. The molecule has 0 bridgehead atoms. The van der Waals surface area contributed by atoms with Gasteiger partial charge < -0.3 is 9.84 Å². The van der Waals surface area contributed by atoms with Crippen molar-refractivity contribution in [2.75, 3.05) is 19.7 Å². The molecule has 1 aliphatic heterocycles. The molecular formula is C16H21NO4. The van der Waals surface area contributed by atoms with Crippen molar-refractivity contribution >= 4 is 11.8 Å². The molecule has 114 valence electrons. The Bertz CT molecular complexity index is 515. The lowest BCUT2D eigenvalue weighted by Crippen LogP contribution is -2.34. The number of carbonyl (C=O) groups excluding carboxylic acids is 1. The number of hydrogen-bond acceptors (Lipinski definition) is 4. The monoisotopic (exact) mass is 291 g/mol. The highest BCUT2D eigenvalue weighted by Gasteiger charge is 2.26. The minimum absolute atomic E-state index is 0.0180. The van der Waals surface area contributed by atoms with E-state index in [0.717, 1.165) is 19.4 Å². The molecule has 5 heteroatoms. The molecule has 0 amide bonds. The molecule has 5 nitrogen and oxygen atoms in total. The summed E-state index contributed by atoms with van der Waals surface area (Å²) in [6.07, 6.45) is 2.14. The number of carboxylic acids is 1. The summed E-state index contributed by atoms with van der Waals surface area (Å²) in [7, 11) is 0. The molecular weight excluding hydrogens is 270 g/mol. The summed E-state index contributed by atoms with van der Waals surface area (Å²) in [6, 6.07) is 7.29. The lowest BCUT2D eigenvalue weighted by Gasteiger charge is -2.23. The lowest BCUT2D eigenvalue weighted by molar-refractivity contribution is -0.138. The van der Waals surface area contributed by atoms with Gasteiger partial charge in [-0.3, -0.25) is 14.5 Å². The first-order chi connectivity index (χ1) is 10.1. The van der Waals surface area contributed by atoms with Crippen LogP contribution in [0.4, 0.5) is 0 Å². The quantitative estimate of drug-likeness (QED) is 0.780. The summed E-state index contributed by atoms with van der Waals surface area (Å²) in [5, 5.41) is 8.90. The Morgan fingerprint density at radius 2 is 2.14 bits per heavy atom. The summed E-state index contributed by atoms with van der Waals surface area (Å²) < 4.78 is 5.70. The van der Waals surface area contributed by atoms with Gasteiger partial charge in [0.2, 0.25) is 0 Å². The minimum Gasteiger partial charge on any atom is -0.491 e. The minimum atomic E-state index is -0.755. The highest BCUT2D eigenvalue weighted by molar-refractivity contribution is 5.96. The average molecular weight is 291 g/mol.